The standard InChI is InChI=1S/C29H38N4O6/c1-29(2)37-19-24(39-29)17-32-13-12-26(31-32)30-28(35)25(14-20-8-5-4-6-9-20)33-18-23(16-27(33)34)38-22-11-7-10-21(15-22)36-3/h7,10-13,15-16,20,24-25H,4-6,8-9,14,17-19H2,1-3H3,(H,30,31,35)/t24-,25+/m1/s1. The molecule has 10 nitrogen and oxygen atoms in total. The van der Waals surface area contributed by atoms with Crippen LogP contribution in [0.2, 0.25) is 0 Å². The van der Waals surface area contributed by atoms with Crippen LogP contribution in [0.3, 0.4) is 0 Å². The van der Waals surface area contributed by atoms with Crippen molar-refractivity contribution in [1.82, 2.24) is 14.7 Å². The highest BCUT2D eigenvalue weighted by atomic mass is 16.7. The van der Waals surface area contributed by atoms with Gasteiger partial charge in [0.25, 0.3) is 5.91 Å². The molecule has 2 amide bonds. The molecule has 0 radical (unpaired) electrons. The van der Waals surface area contributed by atoms with Crippen molar-refractivity contribution in [2.75, 3.05) is 25.6 Å². The Kier molecular flexibility index (Phi) is 8.23. The number of hydrogen-bond donors (Lipinski definition) is 1. The van der Waals surface area contributed by atoms with Crippen LogP contribution in [-0.4, -0.2) is 64.7 Å². The molecular weight excluding hydrogens is 500 g/mol. The minimum absolute atomic E-state index is 0.112. The molecule has 2 fully saturated rings. The van der Waals surface area contributed by atoms with Crippen molar-refractivity contribution in [1.29, 1.82) is 0 Å². The molecule has 1 aromatic heterocycles. The van der Waals surface area contributed by atoms with E-state index in [-0.39, 0.29) is 24.5 Å². The number of carbonyl (C=O) groups is 2. The van der Waals surface area contributed by atoms with Crippen LogP contribution in [0.5, 0.6) is 11.5 Å². The lowest BCUT2D eigenvalue weighted by atomic mass is 9.84. The zero-order valence-electron chi connectivity index (χ0n) is 22.9. The number of anilines is 1. The number of nitrogens with zero attached hydrogens (tertiary/aromatic N) is 3. The van der Waals surface area contributed by atoms with E-state index in [4.69, 9.17) is 18.9 Å². The van der Waals surface area contributed by atoms with Crippen LogP contribution in [-0.2, 0) is 25.6 Å². The van der Waals surface area contributed by atoms with Gasteiger partial charge in [-0.15, -0.1) is 0 Å². The number of benzene rings is 1. The Labute approximate surface area is 229 Å². The van der Waals surface area contributed by atoms with E-state index in [2.05, 4.69) is 10.4 Å². The van der Waals surface area contributed by atoms with Crippen molar-refractivity contribution in [3.8, 4) is 11.5 Å². The van der Waals surface area contributed by atoms with Gasteiger partial charge in [-0.3, -0.25) is 14.3 Å². The van der Waals surface area contributed by atoms with E-state index in [1.165, 1.54) is 12.5 Å². The quantitative estimate of drug-likeness (QED) is 0.485. The molecular formula is C29H38N4O6. The molecule has 0 spiro atoms. The van der Waals surface area contributed by atoms with E-state index in [1.54, 1.807) is 28.8 Å². The maximum absolute atomic E-state index is 13.6. The largest absolute Gasteiger partial charge is 0.497 e. The summed E-state index contributed by atoms with van der Waals surface area (Å²) in [5, 5.41) is 7.47. The summed E-state index contributed by atoms with van der Waals surface area (Å²) in [6.45, 7) is 5.00. The highest BCUT2D eigenvalue weighted by Gasteiger charge is 2.37. The minimum atomic E-state index is -0.624. The average Bonchev–Trinajstić information content (AvgIpc) is 3.61. The Bertz CT molecular complexity index is 1200. The second-order valence-corrected chi connectivity index (χ2v) is 11.0. The molecule has 1 N–H and O–H groups in total. The van der Waals surface area contributed by atoms with Crippen LogP contribution >= 0.6 is 0 Å². The summed E-state index contributed by atoms with van der Waals surface area (Å²) >= 11 is 0. The maximum atomic E-state index is 13.6. The Morgan fingerprint density at radius 2 is 2.00 bits per heavy atom. The normalized spacial score (nSPS) is 22.0. The van der Waals surface area contributed by atoms with E-state index in [0.717, 1.165) is 25.7 Å². The summed E-state index contributed by atoms with van der Waals surface area (Å²) in [6.07, 6.45) is 9.46. The SMILES string of the molecule is COc1cccc(OC2=CC(=O)N([C@@H](CC3CCCCC3)C(=O)Nc3ccn(C[C@@H]4COC(C)(C)O4)n3)C2)c1. The number of carbonyl (C=O) groups excluding carboxylic acids is 2. The lowest BCUT2D eigenvalue weighted by Gasteiger charge is -2.31. The first kappa shape index (κ1) is 27.2. The lowest BCUT2D eigenvalue weighted by Crippen LogP contribution is -2.46. The fourth-order valence-corrected chi connectivity index (χ4v) is 5.57. The van der Waals surface area contributed by atoms with Gasteiger partial charge in [0.2, 0.25) is 5.91 Å². The summed E-state index contributed by atoms with van der Waals surface area (Å²) in [5.74, 6) is 1.51. The molecule has 5 rings (SSSR count). The van der Waals surface area contributed by atoms with E-state index >= 15 is 0 Å². The van der Waals surface area contributed by atoms with Gasteiger partial charge in [-0.2, -0.15) is 5.10 Å². The van der Waals surface area contributed by atoms with Gasteiger partial charge in [0.05, 0.1) is 26.8 Å². The molecule has 10 heteroatoms. The fourth-order valence-electron chi connectivity index (χ4n) is 5.57. The molecule has 3 heterocycles. The summed E-state index contributed by atoms with van der Waals surface area (Å²) in [7, 11) is 1.59. The van der Waals surface area contributed by atoms with Crippen molar-refractivity contribution < 1.29 is 28.5 Å². The van der Waals surface area contributed by atoms with Crippen LogP contribution in [0, 0.1) is 5.92 Å². The van der Waals surface area contributed by atoms with Gasteiger partial charge in [0, 0.05) is 24.4 Å². The number of ether oxygens (including phenoxy) is 4. The number of hydrogen-bond acceptors (Lipinski definition) is 7. The zero-order valence-corrected chi connectivity index (χ0v) is 22.9. The van der Waals surface area contributed by atoms with Crippen molar-refractivity contribution in [2.45, 2.75) is 76.9 Å². The van der Waals surface area contributed by atoms with Gasteiger partial charge in [0.1, 0.15) is 29.4 Å². The molecule has 210 valence electrons. The number of nitrogens with one attached hydrogen (secondary N) is 1. The third kappa shape index (κ3) is 6.99. The van der Waals surface area contributed by atoms with Crippen LogP contribution in [0.1, 0.15) is 52.4 Å². The second-order valence-electron chi connectivity index (χ2n) is 11.0. The predicted octanol–water partition coefficient (Wildman–Crippen LogP) is 4.13. The molecule has 39 heavy (non-hydrogen) atoms. The maximum Gasteiger partial charge on any atom is 0.251 e. The molecule has 2 aromatic rings. The van der Waals surface area contributed by atoms with E-state index in [9.17, 15) is 9.59 Å². The number of methoxy groups -OCH3 is 1. The molecule has 2 aliphatic heterocycles. The first-order valence-corrected chi connectivity index (χ1v) is 13.8. The molecule has 1 saturated carbocycles. The summed E-state index contributed by atoms with van der Waals surface area (Å²) in [5.41, 5.74) is 0. The topological polar surface area (TPSA) is 104 Å². The van der Waals surface area contributed by atoms with Gasteiger partial charge in [-0.05, 0) is 38.3 Å². The molecule has 1 aliphatic carbocycles. The van der Waals surface area contributed by atoms with Gasteiger partial charge in [-0.25, -0.2) is 0 Å². The molecule has 2 atom stereocenters. The van der Waals surface area contributed by atoms with Gasteiger partial charge in [-0.1, -0.05) is 38.2 Å². The van der Waals surface area contributed by atoms with E-state index in [1.807, 2.05) is 38.2 Å². The second kappa shape index (κ2) is 11.8. The van der Waals surface area contributed by atoms with Crippen LogP contribution in [0.25, 0.3) is 0 Å². The van der Waals surface area contributed by atoms with Crippen LogP contribution in [0.15, 0.2) is 48.4 Å². The number of rotatable bonds is 10. The van der Waals surface area contributed by atoms with E-state index < -0.39 is 11.8 Å². The van der Waals surface area contributed by atoms with Crippen molar-refractivity contribution in [2.24, 2.45) is 5.92 Å². The monoisotopic (exact) mass is 538 g/mol. The Morgan fingerprint density at radius 1 is 1.21 bits per heavy atom. The number of aromatic nitrogens is 2. The zero-order chi connectivity index (χ0) is 27.4. The molecule has 0 unspecified atom stereocenters. The minimum Gasteiger partial charge on any atom is -0.497 e. The van der Waals surface area contributed by atoms with Gasteiger partial charge < -0.3 is 29.2 Å². The third-order valence-electron chi connectivity index (χ3n) is 7.49. The Morgan fingerprint density at radius 3 is 2.74 bits per heavy atom. The summed E-state index contributed by atoms with van der Waals surface area (Å²) in [4.78, 5) is 28.3. The summed E-state index contributed by atoms with van der Waals surface area (Å²) < 4.78 is 24.5. The molecule has 0 bridgehead atoms. The van der Waals surface area contributed by atoms with Crippen LogP contribution < -0.4 is 14.8 Å². The average molecular weight is 539 g/mol. The van der Waals surface area contributed by atoms with Gasteiger partial charge >= 0.3 is 0 Å². The third-order valence-corrected chi connectivity index (χ3v) is 7.49. The Balaban J connectivity index is 1.25. The van der Waals surface area contributed by atoms with Gasteiger partial charge in [0.15, 0.2) is 11.6 Å². The first-order chi connectivity index (χ1) is 18.8. The fraction of sp³-hybridized carbons (Fsp3) is 0.552. The van der Waals surface area contributed by atoms with E-state index in [0.29, 0.717) is 48.6 Å². The molecule has 1 saturated heterocycles. The number of amides is 2. The molecule has 1 aromatic carbocycles. The van der Waals surface area contributed by atoms with Crippen molar-refractivity contribution in [3.63, 3.8) is 0 Å². The predicted molar refractivity (Wildman–Crippen MR) is 144 cm³/mol. The Hall–Kier alpha value is -3.37. The smallest absolute Gasteiger partial charge is 0.251 e. The highest BCUT2D eigenvalue weighted by Crippen LogP contribution is 2.31. The lowest BCUT2D eigenvalue weighted by molar-refractivity contribution is -0.139. The summed E-state index contributed by atoms with van der Waals surface area (Å²) in [6, 6.07) is 8.37. The van der Waals surface area contributed by atoms with Crippen LogP contribution in [0.4, 0.5) is 5.82 Å². The van der Waals surface area contributed by atoms with Crippen molar-refractivity contribution in [3.05, 3.63) is 48.4 Å². The van der Waals surface area contributed by atoms with Crippen molar-refractivity contribution >= 4 is 17.6 Å². The molecule has 3 aliphatic rings. The highest BCUT2D eigenvalue weighted by molar-refractivity contribution is 5.99. The first-order valence-electron chi connectivity index (χ1n) is 13.8.